The van der Waals surface area contributed by atoms with Gasteiger partial charge in [0.1, 0.15) is 5.75 Å². The van der Waals surface area contributed by atoms with Crippen molar-refractivity contribution in [1.82, 2.24) is 0 Å². The Morgan fingerprint density at radius 1 is 0.971 bits per heavy atom. The molecule has 174 valence electrons. The Balaban J connectivity index is 1.25. The van der Waals surface area contributed by atoms with E-state index in [0.717, 1.165) is 5.56 Å². The lowest BCUT2D eigenvalue weighted by Crippen LogP contribution is -2.30. The van der Waals surface area contributed by atoms with Gasteiger partial charge in [0, 0.05) is 23.7 Å². The van der Waals surface area contributed by atoms with E-state index in [1.807, 2.05) is 19.1 Å². The minimum atomic E-state index is -0.608. The van der Waals surface area contributed by atoms with Gasteiger partial charge in [-0.05, 0) is 61.7 Å². The number of allylic oxidation sites excluding steroid dienone is 2. The molecule has 2 aromatic rings. The molecule has 0 N–H and O–H groups in total. The zero-order chi connectivity index (χ0) is 24.0. The van der Waals surface area contributed by atoms with Crippen molar-refractivity contribution in [3.8, 4) is 5.75 Å². The quantitative estimate of drug-likeness (QED) is 0.286. The van der Waals surface area contributed by atoms with Crippen molar-refractivity contribution in [2.24, 2.45) is 17.8 Å². The van der Waals surface area contributed by atoms with Crippen molar-refractivity contribution in [1.29, 1.82) is 0 Å². The van der Waals surface area contributed by atoms with Gasteiger partial charge in [-0.3, -0.25) is 24.1 Å². The molecule has 2 fully saturated rings. The summed E-state index contributed by atoms with van der Waals surface area (Å²) in [6.07, 6.45) is 5.10. The normalized spacial score (nSPS) is 24.1. The number of carbonyl (C=O) groups is 4. The Morgan fingerprint density at radius 3 is 2.26 bits per heavy atom. The van der Waals surface area contributed by atoms with Crippen LogP contribution < -0.4 is 14.5 Å². The fourth-order valence-corrected chi connectivity index (χ4v) is 5.07. The van der Waals surface area contributed by atoms with Gasteiger partial charge in [0.25, 0.3) is 0 Å². The van der Waals surface area contributed by atoms with E-state index in [-0.39, 0.29) is 48.3 Å². The minimum Gasteiger partial charge on any atom is -0.426 e. The van der Waals surface area contributed by atoms with Gasteiger partial charge in [-0.25, -0.2) is 0 Å². The van der Waals surface area contributed by atoms with Crippen LogP contribution in [0.15, 0.2) is 54.6 Å². The van der Waals surface area contributed by atoms with E-state index in [4.69, 9.17) is 16.3 Å². The number of benzene rings is 2. The Bertz CT molecular complexity index is 1200. The van der Waals surface area contributed by atoms with Crippen LogP contribution in [0.2, 0.25) is 5.02 Å². The first-order valence-corrected chi connectivity index (χ1v) is 11.6. The molecule has 2 heterocycles. The molecule has 7 nitrogen and oxygen atoms in total. The number of hydrogen-bond acceptors (Lipinski definition) is 5. The van der Waals surface area contributed by atoms with Gasteiger partial charge in [0.2, 0.25) is 17.7 Å². The number of ether oxygens (including phenoxy) is 1. The minimum absolute atomic E-state index is 0.0520. The summed E-state index contributed by atoms with van der Waals surface area (Å²) in [7, 11) is 0. The zero-order valence-corrected chi connectivity index (χ0v) is 19.3. The molecule has 0 saturated carbocycles. The van der Waals surface area contributed by atoms with Crippen LogP contribution in [0.1, 0.15) is 24.8 Å². The van der Waals surface area contributed by atoms with Crippen LogP contribution in [0.5, 0.6) is 5.75 Å². The van der Waals surface area contributed by atoms with Crippen molar-refractivity contribution in [3.05, 3.63) is 65.2 Å². The average Bonchev–Trinajstić information content (AvgIpc) is 3.34. The first kappa shape index (κ1) is 22.3. The molecule has 2 saturated heterocycles. The van der Waals surface area contributed by atoms with E-state index in [2.05, 4.69) is 0 Å². The highest BCUT2D eigenvalue weighted by molar-refractivity contribution is 6.31. The standard InChI is InChI=1S/C26H23ClN2O5/c1-15-21(27)7-4-8-22(15)28-14-16(13-23(28)30)26(33)34-18-11-9-17(10-12-18)29-24(31)19-5-2-3-6-20(19)25(29)32/h2-4,7-12,16,19-20H,5-6,13-14H2,1H3/t16-,19+,20+/m1/s1. The number of esters is 1. The largest absolute Gasteiger partial charge is 0.426 e. The third-order valence-electron chi connectivity index (χ3n) is 6.81. The van der Waals surface area contributed by atoms with E-state index in [1.54, 1.807) is 47.4 Å². The third kappa shape index (κ3) is 3.80. The molecule has 5 rings (SSSR count). The molecule has 0 bridgehead atoms. The average molecular weight is 479 g/mol. The molecule has 3 atom stereocenters. The van der Waals surface area contributed by atoms with Crippen molar-refractivity contribution in [3.63, 3.8) is 0 Å². The molecule has 0 unspecified atom stereocenters. The van der Waals surface area contributed by atoms with Gasteiger partial charge >= 0.3 is 5.97 Å². The fraction of sp³-hybridized carbons (Fsp3) is 0.308. The van der Waals surface area contributed by atoms with Crippen LogP contribution >= 0.6 is 11.6 Å². The van der Waals surface area contributed by atoms with E-state index in [1.165, 1.54) is 4.90 Å². The molecule has 0 aromatic heterocycles. The van der Waals surface area contributed by atoms with Gasteiger partial charge in [-0.1, -0.05) is 29.8 Å². The van der Waals surface area contributed by atoms with Gasteiger partial charge in [0.05, 0.1) is 23.4 Å². The van der Waals surface area contributed by atoms with Gasteiger partial charge < -0.3 is 9.64 Å². The van der Waals surface area contributed by atoms with Crippen LogP contribution in [0, 0.1) is 24.7 Å². The Morgan fingerprint density at radius 2 is 1.62 bits per heavy atom. The summed E-state index contributed by atoms with van der Waals surface area (Å²) in [6.45, 7) is 2.05. The topological polar surface area (TPSA) is 84.0 Å². The van der Waals surface area contributed by atoms with Crippen LogP contribution in [0.4, 0.5) is 11.4 Å². The van der Waals surface area contributed by atoms with Gasteiger partial charge in [-0.15, -0.1) is 0 Å². The molecular weight excluding hydrogens is 456 g/mol. The molecule has 2 aliphatic heterocycles. The fourth-order valence-electron chi connectivity index (χ4n) is 4.90. The number of carbonyl (C=O) groups excluding carboxylic acids is 4. The molecule has 0 spiro atoms. The summed E-state index contributed by atoms with van der Waals surface area (Å²) in [6, 6.07) is 11.7. The maximum Gasteiger partial charge on any atom is 0.316 e. The van der Waals surface area contributed by atoms with Gasteiger partial charge in [-0.2, -0.15) is 0 Å². The maximum atomic E-state index is 12.8. The lowest BCUT2D eigenvalue weighted by Gasteiger charge is -2.19. The molecule has 2 aromatic carbocycles. The number of fused-ring (bicyclic) bond motifs is 1. The van der Waals surface area contributed by atoms with Crippen molar-refractivity contribution in [2.45, 2.75) is 26.2 Å². The SMILES string of the molecule is Cc1c(Cl)cccc1N1C[C@H](C(=O)Oc2ccc(N3C(=O)[C@H]4CC=CC[C@@H]4C3=O)cc2)CC1=O. The van der Waals surface area contributed by atoms with Crippen molar-refractivity contribution >= 4 is 46.7 Å². The predicted octanol–water partition coefficient (Wildman–Crippen LogP) is 4.06. The number of anilines is 2. The maximum absolute atomic E-state index is 12.8. The smallest absolute Gasteiger partial charge is 0.316 e. The first-order valence-electron chi connectivity index (χ1n) is 11.2. The van der Waals surface area contributed by atoms with Crippen LogP contribution in [-0.2, 0) is 19.2 Å². The molecular formula is C26H23ClN2O5. The second-order valence-electron chi connectivity index (χ2n) is 8.87. The molecule has 8 heteroatoms. The number of nitrogens with zero attached hydrogens (tertiary/aromatic N) is 2. The highest BCUT2D eigenvalue weighted by Gasteiger charge is 2.47. The summed E-state index contributed by atoms with van der Waals surface area (Å²) >= 11 is 6.18. The molecule has 3 aliphatic rings. The Hall–Kier alpha value is -3.45. The zero-order valence-electron chi connectivity index (χ0n) is 18.6. The highest BCUT2D eigenvalue weighted by Crippen LogP contribution is 2.38. The summed E-state index contributed by atoms with van der Waals surface area (Å²) < 4.78 is 5.51. The second kappa shape index (κ2) is 8.72. The number of hydrogen-bond donors (Lipinski definition) is 0. The summed E-state index contributed by atoms with van der Waals surface area (Å²) in [5, 5.41) is 0.557. The molecule has 3 amide bonds. The third-order valence-corrected chi connectivity index (χ3v) is 7.22. The monoisotopic (exact) mass is 478 g/mol. The van der Waals surface area contributed by atoms with Crippen LogP contribution in [0.3, 0.4) is 0 Å². The lowest BCUT2D eigenvalue weighted by molar-refractivity contribution is -0.139. The van der Waals surface area contributed by atoms with Crippen LogP contribution in [-0.4, -0.2) is 30.2 Å². The number of rotatable bonds is 4. The van der Waals surface area contributed by atoms with E-state index < -0.39 is 11.9 Å². The van der Waals surface area contributed by atoms with Crippen LogP contribution in [0.25, 0.3) is 0 Å². The number of imide groups is 1. The van der Waals surface area contributed by atoms with Gasteiger partial charge in [0.15, 0.2) is 0 Å². The summed E-state index contributed by atoms with van der Waals surface area (Å²) in [4.78, 5) is 53.6. The molecule has 0 radical (unpaired) electrons. The summed E-state index contributed by atoms with van der Waals surface area (Å²) in [5.74, 6) is -1.98. The summed E-state index contributed by atoms with van der Waals surface area (Å²) in [5.41, 5.74) is 1.93. The van der Waals surface area contributed by atoms with Crippen molar-refractivity contribution in [2.75, 3.05) is 16.3 Å². The van der Waals surface area contributed by atoms with E-state index >= 15 is 0 Å². The van der Waals surface area contributed by atoms with Crippen molar-refractivity contribution < 1.29 is 23.9 Å². The Labute approximate surface area is 201 Å². The predicted molar refractivity (Wildman–Crippen MR) is 127 cm³/mol. The van der Waals surface area contributed by atoms with E-state index in [9.17, 15) is 19.2 Å². The first-order chi connectivity index (χ1) is 16.3. The molecule has 1 aliphatic carbocycles. The highest BCUT2D eigenvalue weighted by atomic mass is 35.5. The number of halogens is 1. The second-order valence-corrected chi connectivity index (χ2v) is 9.28. The Kier molecular flexibility index (Phi) is 5.73. The van der Waals surface area contributed by atoms with E-state index in [0.29, 0.717) is 29.2 Å². The molecule has 34 heavy (non-hydrogen) atoms. The number of amides is 3. The lowest BCUT2D eigenvalue weighted by atomic mass is 9.85.